The minimum Gasteiger partial charge on any atom is -0.493 e. The van der Waals surface area contributed by atoms with E-state index in [1.54, 1.807) is 12.1 Å². The topological polar surface area (TPSA) is 55.4 Å². The van der Waals surface area contributed by atoms with Crippen LogP contribution in [0.2, 0.25) is 0 Å². The number of fused-ring (bicyclic) bond motifs is 1. The third-order valence-electron chi connectivity index (χ3n) is 3.86. The zero-order chi connectivity index (χ0) is 16.9. The molecule has 0 bridgehead atoms. The molecule has 0 aromatic heterocycles. The van der Waals surface area contributed by atoms with E-state index in [0.29, 0.717) is 16.9 Å². The normalized spacial score (nSPS) is 13.2. The molecule has 1 atom stereocenters. The highest BCUT2D eigenvalue weighted by Crippen LogP contribution is 2.31. The molecule has 0 spiro atoms. The molecular weight excluding hydrogens is 310 g/mol. The van der Waals surface area contributed by atoms with E-state index in [4.69, 9.17) is 4.74 Å². The molecule has 0 aliphatic carbocycles. The van der Waals surface area contributed by atoms with Crippen molar-refractivity contribution in [2.45, 2.75) is 51.0 Å². The third-order valence-corrected chi connectivity index (χ3v) is 5.51. The lowest BCUT2D eigenvalue weighted by Crippen LogP contribution is -2.32. The van der Waals surface area contributed by atoms with E-state index in [9.17, 15) is 8.42 Å². The van der Waals surface area contributed by atoms with Crippen LogP contribution in [0.5, 0.6) is 5.75 Å². The molecule has 0 radical (unpaired) electrons. The van der Waals surface area contributed by atoms with Crippen molar-refractivity contribution in [1.29, 1.82) is 0 Å². The third kappa shape index (κ3) is 4.24. The number of rotatable bonds is 8. The van der Waals surface area contributed by atoms with Crippen LogP contribution in [0.3, 0.4) is 0 Å². The van der Waals surface area contributed by atoms with Crippen molar-refractivity contribution >= 4 is 20.8 Å². The van der Waals surface area contributed by atoms with Gasteiger partial charge in [-0.05, 0) is 31.9 Å². The van der Waals surface area contributed by atoms with E-state index in [1.807, 2.05) is 38.1 Å². The Morgan fingerprint density at radius 3 is 2.43 bits per heavy atom. The van der Waals surface area contributed by atoms with Crippen LogP contribution in [0.1, 0.15) is 40.0 Å². The number of sulfonamides is 1. The highest BCUT2D eigenvalue weighted by Gasteiger charge is 2.20. The van der Waals surface area contributed by atoms with Gasteiger partial charge in [-0.2, -0.15) is 0 Å². The van der Waals surface area contributed by atoms with Crippen molar-refractivity contribution in [1.82, 2.24) is 4.72 Å². The highest BCUT2D eigenvalue weighted by atomic mass is 32.2. The van der Waals surface area contributed by atoms with Gasteiger partial charge < -0.3 is 4.74 Å². The first kappa shape index (κ1) is 17.8. The molecule has 126 valence electrons. The summed E-state index contributed by atoms with van der Waals surface area (Å²) >= 11 is 0. The number of nitrogens with one attached hydrogen (secondary N) is 1. The smallest absolute Gasteiger partial charge is 0.241 e. The van der Waals surface area contributed by atoms with Gasteiger partial charge in [0.15, 0.2) is 0 Å². The van der Waals surface area contributed by atoms with E-state index in [0.717, 1.165) is 30.4 Å². The van der Waals surface area contributed by atoms with Gasteiger partial charge in [0.1, 0.15) is 5.75 Å². The summed E-state index contributed by atoms with van der Waals surface area (Å²) in [6, 6.07) is 10.8. The monoisotopic (exact) mass is 335 g/mol. The summed E-state index contributed by atoms with van der Waals surface area (Å²) < 4.78 is 33.8. The molecule has 0 saturated heterocycles. The van der Waals surface area contributed by atoms with E-state index in [-0.39, 0.29) is 6.04 Å². The summed E-state index contributed by atoms with van der Waals surface area (Å²) in [6.45, 7) is 6.56. The predicted octanol–water partition coefficient (Wildman–Crippen LogP) is 4.10. The molecule has 4 nitrogen and oxygen atoms in total. The standard InChI is InChI=1S/C18H25NO3S/c1-4-6-13-22-17-11-12-18(16-10-8-7-9-15(16)17)23(20,21)19-14(3)5-2/h7-12,14,19H,4-6,13H2,1-3H3/t14-/m0/s1. The maximum atomic E-state index is 12.6. The molecule has 0 aliphatic rings. The first-order valence-corrected chi connectivity index (χ1v) is 9.64. The molecule has 2 rings (SSSR count). The fraction of sp³-hybridized carbons (Fsp3) is 0.444. The van der Waals surface area contributed by atoms with Crippen molar-refractivity contribution in [2.75, 3.05) is 6.61 Å². The van der Waals surface area contributed by atoms with Gasteiger partial charge in [0.05, 0.1) is 11.5 Å². The van der Waals surface area contributed by atoms with Crippen molar-refractivity contribution in [3.05, 3.63) is 36.4 Å². The highest BCUT2D eigenvalue weighted by molar-refractivity contribution is 7.89. The average Bonchev–Trinajstić information content (AvgIpc) is 2.54. The van der Waals surface area contributed by atoms with Gasteiger partial charge in [-0.25, -0.2) is 13.1 Å². The number of benzene rings is 2. The van der Waals surface area contributed by atoms with Crippen LogP contribution in [0.15, 0.2) is 41.3 Å². The first-order chi connectivity index (χ1) is 11.0. The van der Waals surface area contributed by atoms with Gasteiger partial charge in [-0.1, -0.05) is 44.5 Å². The molecule has 5 heteroatoms. The average molecular weight is 335 g/mol. The molecule has 23 heavy (non-hydrogen) atoms. The second-order valence-electron chi connectivity index (χ2n) is 5.74. The molecule has 0 fully saturated rings. The van der Waals surface area contributed by atoms with Crippen LogP contribution < -0.4 is 9.46 Å². The Labute approximate surface area is 138 Å². The lowest BCUT2D eigenvalue weighted by Gasteiger charge is -2.15. The Balaban J connectivity index is 2.45. The van der Waals surface area contributed by atoms with Crippen LogP contribution in [-0.4, -0.2) is 21.1 Å². The summed E-state index contributed by atoms with van der Waals surface area (Å²) in [7, 11) is -3.55. The van der Waals surface area contributed by atoms with E-state index >= 15 is 0 Å². The summed E-state index contributed by atoms with van der Waals surface area (Å²) in [5.41, 5.74) is 0. The molecule has 2 aromatic rings. The summed E-state index contributed by atoms with van der Waals surface area (Å²) in [4.78, 5) is 0.302. The molecule has 0 saturated carbocycles. The second kappa shape index (κ2) is 7.79. The molecule has 2 aromatic carbocycles. The zero-order valence-corrected chi connectivity index (χ0v) is 14.8. The lowest BCUT2D eigenvalue weighted by molar-refractivity contribution is 0.313. The lowest BCUT2D eigenvalue weighted by atomic mass is 10.1. The molecule has 0 unspecified atom stereocenters. The first-order valence-electron chi connectivity index (χ1n) is 8.16. The molecule has 1 N–H and O–H groups in total. The fourth-order valence-electron chi connectivity index (χ4n) is 2.34. The Hall–Kier alpha value is -1.59. The van der Waals surface area contributed by atoms with E-state index in [2.05, 4.69) is 11.6 Å². The maximum Gasteiger partial charge on any atom is 0.241 e. The van der Waals surface area contributed by atoms with Crippen LogP contribution >= 0.6 is 0 Å². The SMILES string of the molecule is CCCCOc1ccc(S(=O)(=O)N[C@@H](C)CC)c2ccccc12. The number of unbranched alkanes of at least 4 members (excludes halogenated alkanes) is 1. The van der Waals surface area contributed by atoms with Crippen LogP contribution in [-0.2, 0) is 10.0 Å². The van der Waals surface area contributed by atoms with Crippen LogP contribution in [0.4, 0.5) is 0 Å². The number of ether oxygens (including phenoxy) is 1. The van der Waals surface area contributed by atoms with Crippen molar-refractivity contribution in [3.63, 3.8) is 0 Å². The van der Waals surface area contributed by atoms with Gasteiger partial charge in [0, 0.05) is 16.8 Å². The molecular formula is C18H25NO3S. The molecule has 0 heterocycles. The molecule has 0 amide bonds. The van der Waals surface area contributed by atoms with Gasteiger partial charge in [0.2, 0.25) is 10.0 Å². The van der Waals surface area contributed by atoms with Crippen molar-refractivity contribution in [3.8, 4) is 5.75 Å². The second-order valence-corrected chi connectivity index (χ2v) is 7.42. The zero-order valence-electron chi connectivity index (χ0n) is 14.0. The Morgan fingerprint density at radius 1 is 1.09 bits per heavy atom. The van der Waals surface area contributed by atoms with Crippen LogP contribution in [0, 0.1) is 0 Å². The minimum absolute atomic E-state index is 0.0979. The summed E-state index contributed by atoms with van der Waals surface area (Å²) in [5, 5.41) is 1.52. The van der Waals surface area contributed by atoms with Crippen LogP contribution in [0.25, 0.3) is 10.8 Å². The maximum absolute atomic E-state index is 12.6. The van der Waals surface area contributed by atoms with Crippen molar-refractivity contribution < 1.29 is 13.2 Å². The van der Waals surface area contributed by atoms with Gasteiger partial charge in [-0.15, -0.1) is 0 Å². The van der Waals surface area contributed by atoms with Gasteiger partial charge >= 0.3 is 0 Å². The van der Waals surface area contributed by atoms with Crippen molar-refractivity contribution in [2.24, 2.45) is 0 Å². The Kier molecular flexibility index (Phi) is 6.02. The van der Waals surface area contributed by atoms with E-state index in [1.165, 1.54) is 0 Å². The molecule has 0 aliphatic heterocycles. The summed E-state index contributed by atoms with van der Waals surface area (Å²) in [5.74, 6) is 0.733. The van der Waals surface area contributed by atoms with Gasteiger partial charge in [-0.3, -0.25) is 0 Å². The van der Waals surface area contributed by atoms with Gasteiger partial charge in [0.25, 0.3) is 0 Å². The largest absolute Gasteiger partial charge is 0.493 e. The number of hydrogen-bond acceptors (Lipinski definition) is 3. The van der Waals surface area contributed by atoms with E-state index < -0.39 is 10.0 Å². The predicted molar refractivity (Wildman–Crippen MR) is 94.4 cm³/mol. The Morgan fingerprint density at radius 2 is 1.78 bits per heavy atom. The number of hydrogen-bond donors (Lipinski definition) is 1. The minimum atomic E-state index is -3.55. The fourth-order valence-corrected chi connectivity index (χ4v) is 3.88. The quantitative estimate of drug-likeness (QED) is 0.739. The Bertz CT molecular complexity index is 756. The summed E-state index contributed by atoms with van der Waals surface area (Å²) in [6.07, 6.45) is 2.78.